The van der Waals surface area contributed by atoms with E-state index in [1.807, 2.05) is 6.07 Å². The number of ether oxygens (including phenoxy) is 1. The number of carbonyl (C=O) groups excluding carboxylic acids is 2. The zero-order valence-corrected chi connectivity index (χ0v) is 20.2. The molecule has 0 atom stereocenters. The second-order valence-electron chi connectivity index (χ2n) is 7.03. The minimum absolute atomic E-state index is 0.328. The lowest BCUT2D eigenvalue weighted by atomic mass is 10.1. The monoisotopic (exact) mass is 521 g/mol. The van der Waals surface area contributed by atoms with Crippen LogP contribution < -0.4 is 14.9 Å². The average molecular weight is 523 g/mol. The highest BCUT2D eigenvalue weighted by atomic mass is 35.5. The Balaban J connectivity index is 1.47. The summed E-state index contributed by atoms with van der Waals surface area (Å²) >= 11 is 20.1. The molecule has 0 unspecified atom stereocenters. The van der Waals surface area contributed by atoms with Crippen molar-refractivity contribution in [2.45, 2.75) is 0 Å². The van der Waals surface area contributed by atoms with E-state index in [0.717, 1.165) is 12.2 Å². The molecule has 4 rings (SSSR count). The molecule has 10 heteroatoms. The van der Waals surface area contributed by atoms with Crippen LogP contribution in [0.15, 0.2) is 60.7 Å². The van der Waals surface area contributed by atoms with Crippen LogP contribution >= 0.6 is 46.8 Å². The van der Waals surface area contributed by atoms with Crippen LogP contribution in [0.1, 0.15) is 20.7 Å². The molecule has 0 aromatic heterocycles. The maximum Gasteiger partial charge on any atom is 0.257 e. The molecule has 6 nitrogen and oxygen atoms in total. The van der Waals surface area contributed by atoms with Gasteiger partial charge in [-0.1, -0.05) is 40.9 Å². The van der Waals surface area contributed by atoms with Crippen molar-refractivity contribution in [3.63, 3.8) is 0 Å². The van der Waals surface area contributed by atoms with Crippen LogP contribution in [0.4, 0.5) is 17.1 Å². The standard InChI is InChI=1S/C23H18Cl3N3O3S/c24-15-3-1-2-14(10-15)22(30)28-21-11-16(4-7-19(21)25)27-23(31)18-6-5-17(12-20(18)26)29-8-9-32-13-33-29/h1-7,10-12H,8-9,13H2,(H,27,31)(H,28,30). The third-order valence-corrected chi connectivity index (χ3v) is 6.63. The molecule has 1 heterocycles. The lowest BCUT2D eigenvalue weighted by molar-refractivity contribution is 0.101. The summed E-state index contributed by atoms with van der Waals surface area (Å²) < 4.78 is 7.41. The number of amides is 2. The summed E-state index contributed by atoms with van der Waals surface area (Å²) in [5.41, 5.74) is 2.43. The molecular weight excluding hydrogens is 505 g/mol. The zero-order valence-electron chi connectivity index (χ0n) is 17.1. The van der Waals surface area contributed by atoms with E-state index in [4.69, 9.17) is 39.5 Å². The van der Waals surface area contributed by atoms with Crippen molar-refractivity contribution < 1.29 is 14.3 Å². The van der Waals surface area contributed by atoms with Gasteiger partial charge in [0, 0.05) is 22.0 Å². The van der Waals surface area contributed by atoms with Crippen molar-refractivity contribution >= 4 is 75.6 Å². The Morgan fingerprint density at radius 3 is 2.48 bits per heavy atom. The predicted molar refractivity (Wildman–Crippen MR) is 136 cm³/mol. The van der Waals surface area contributed by atoms with Gasteiger partial charge in [-0.3, -0.25) is 9.59 Å². The molecule has 2 N–H and O–H groups in total. The third-order valence-electron chi connectivity index (χ3n) is 4.78. The van der Waals surface area contributed by atoms with Gasteiger partial charge >= 0.3 is 0 Å². The lowest BCUT2D eigenvalue weighted by Crippen LogP contribution is -2.26. The van der Waals surface area contributed by atoms with Gasteiger partial charge in [0.1, 0.15) is 5.94 Å². The van der Waals surface area contributed by atoms with E-state index >= 15 is 0 Å². The number of halogens is 3. The summed E-state index contributed by atoms with van der Waals surface area (Å²) in [5.74, 6) is -0.176. The number of anilines is 3. The Kier molecular flexibility index (Phi) is 7.67. The number of nitrogens with zero attached hydrogens (tertiary/aromatic N) is 1. The van der Waals surface area contributed by atoms with Gasteiger partial charge in [-0.2, -0.15) is 0 Å². The maximum atomic E-state index is 12.8. The molecular formula is C23H18Cl3N3O3S. The number of rotatable bonds is 5. The largest absolute Gasteiger partial charge is 0.367 e. The van der Waals surface area contributed by atoms with Crippen LogP contribution in [-0.4, -0.2) is 30.9 Å². The van der Waals surface area contributed by atoms with E-state index in [1.165, 1.54) is 0 Å². The van der Waals surface area contributed by atoms with E-state index in [0.29, 0.717) is 50.1 Å². The van der Waals surface area contributed by atoms with Crippen LogP contribution in [-0.2, 0) is 4.74 Å². The van der Waals surface area contributed by atoms with Crippen molar-refractivity contribution in [2.75, 3.05) is 34.0 Å². The second-order valence-corrected chi connectivity index (χ2v) is 9.22. The summed E-state index contributed by atoms with van der Waals surface area (Å²) in [4.78, 5) is 25.4. The Morgan fingerprint density at radius 2 is 1.76 bits per heavy atom. The molecule has 170 valence electrons. The normalized spacial score (nSPS) is 13.5. The Hall–Kier alpha value is -2.42. The van der Waals surface area contributed by atoms with Crippen LogP contribution in [0.2, 0.25) is 15.1 Å². The number of carbonyl (C=O) groups is 2. The van der Waals surface area contributed by atoms with Gasteiger partial charge in [0.2, 0.25) is 0 Å². The molecule has 0 aliphatic carbocycles. The van der Waals surface area contributed by atoms with Crippen molar-refractivity contribution in [1.29, 1.82) is 0 Å². The molecule has 0 saturated carbocycles. The number of hydrogen-bond donors (Lipinski definition) is 2. The molecule has 0 radical (unpaired) electrons. The van der Waals surface area contributed by atoms with Crippen molar-refractivity contribution in [2.24, 2.45) is 0 Å². The highest BCUT2D eigenvalue weighted by Crippen LogP contribution is 2.31. The summed E-state index contributed by atoms with van der Waals surface area (Å²) in [5, 5.41) is 6.64. The Bertz CT molecular complexity index is 1200. The first-order valence-electron chi connectivity index (χ1n) is 9.86. The van der Waals surface area contributed by atoms with Crippen LogP contribution in [0, 0.1) is 0 Å². The van der Waals surface area contributed by atoms with Gasteiger partial charge in [-0.05, 0) is 66.5 Å². The minimum Gasteiger partial charge on any atom is -0.367 e. The fourth-order valence-corrected chi connectivity index (χ4v) is 4.54. The quantitative estimate of drug-likeness (QED) is 0.370. The summed E-state index contributed by atoms with van der Waals surface area (Å²) in [7, 11) is 0. The molecule has 3 aromatic carbocycles. The minimum atomic E-state index is -0.379. The topological polar surface area (TPSA) is 70.7 Å². The molecule has 3 aromatic rings. The second kappa shape index (κ2) is 10.7. The highest BCUT2D eigenvalue weighted by Gasteiger charge is 2.17. The van der Waals surface area contributed by atoms with Crippen molar-refractivity contribution in [3.05, 3.63) is 86.9 Å². The molecule has 1 aliphatic heterocycles. The molecule has 2 amide bonds. The van der Waals surface area contributed by atoms with E-state index in [-0.39, 0.29) is 11.8 Å². The van der Waals surface area contributed by atoms with E-state index < -0.39 is 0 Å². The van der Waals surface area contributed by atoms with Gasteiger partial charge in [0.15, 0.2) is 0 Å². The fourth-order valence-electron chi connectivity index (χ4n) is 3.14. The van der Waals surface area contributed by atoms with Crippen molar-refractivity contribution in [1.82, 2.24) is 0 Å². The van der Waals surface area contributed by atoms with E-state index in [9.17, 15) is 9.59 Å². The Labute approximate surface area is 210 Å². The van der Waals surface area contributed by atoms with Gasteiger partial charge in [-0.15, -0.1) is 0 Å². The zero-order chi connectivity index (χ0) is 23.4. The molecule has 33 heavy (non-hydrogen) atoms. The molecule has 1 aliphatic rings. The summed E-state index contributed by atoms with van der Waals surface area (Å²) in [6.07, 6.45) is 0. The average Bonchev–Trinajstić information content (AvgIpc) is 2.81. The SMILES string of the molecule is O=C(Nc1cc(NC(=O)c2ccc(N3CCOCS3)cc2Cl)ccc1Cl)c1cccc(Cl)c1. The third kappa shape index (κ3) is 5.93. The van der Waals surface area contributed by atoms with Gasteiger partial charge in [-0.25, -0.2) is 0 Å². The molecule has 1 saturated heterocycles. The van der Waals surface area contributed by atoms with Crippen LogP contribution in [0.25, 0.3) is 0 Å². The van der Waals surface area contributed by atoms with E-state index in [2.05, 4.69) is 14.9 Å². The number of hydrogen-bond acceptors (Lipinski definition) is 5. The number of nitrogens with one attached hydrogen (secondary N) is 2. The molecule has 1 fully saturated rings. The number of benzene rings is 3. The maximum absolute atomic E-state index is 12.8. The predicted octanol–water partition coefficient (Wildman–Crippen LogP) is 6.59. The van der Waals surface area contributed by atoms with Crippen LogP contribution in [0.3, 0.4) is 0 Å². The van der Waals surface area contributed by atoms with Crippen molar-refractivity contribution in [3.8, 4) is 0 Å². The van der Waals surface area contributed by atoms with Gasteiger partial charge in [0.25, 0.3) is 11.8 Å². The first kappa shape index (κ1) is 23.7. The van der Waals surface area contributed by atoms with Gasteiger partial charge < -0.3 is 19.7 Å². The first-order chi connectivity index (χ1) is 15.9. The lowest BCUT2D eigenvalue weighted by Gasteiger charge is -2.27. The van der Waals surface area contributed by atoms with Gasteiger partial charge in [0.05, 0.1) is 34.4 Å². The fraction of sp³-hybridized carbons (Fsp3) is 0.130. The molecule has 0 bridgehead atoms. The Morgan fingerprint density at radius 1 is 0.909 bits per heavy atom. The smallest absolute Gasteiger partial charge is 0.257 e. The molecule has 0 spiro atoms. The first-order valence-corrected chi connectivity index (χ1v) is 11.9. The highest BCUT2D eigenvalue weighted by molar-refractivity contribution is 8.00. The summed E-state index contributed by atoms with van der Waals surface area (Å²) in [6.45, 7) is 1.38. The van der Waals surface area contributed by atoms with E-state index in [1.54, 1.807) is 66.5 Å². The summed E-state index contributed by atoms with van der Waals surface area (Å²) in [6, 6.07) is 16.6. The van der Waals surface area contributed by atoms with Crippen LogP contribution in [0.5, 0.6) is 0 Å².